The van der Waals surface area contributed by atoms with Crippen molar-refractivity contribution in [2.24, 2.45) is 0 Å². The molecule has 0 unspecified atom stereocenters. The highest BCUT2D eigenvalue weighted by molar-refractivity contribution is 5.68. The first-order valence-electron chi connectivity index (χ1n) is 4.66. The van der Waals surface area contributed by atoms with Gasteiger partial charge < -0.3 is 14.6 Å². The van der Waals surface area contributed by atoms with Gasteiger partial charge in [-0.1, -0.05) is 6.92 Å². The minimum Gasteiger partial charge on any atom is -0.488 e. The molecule has 0 bridgehead atoms. The SMILES string of the molecule is CCCOc1cccnc1OCC(=O)O. The van der Waals surface area contributed by atoms with E-state index in [9.17, 15) is 4.79 Å². The summed E-state index contributed by atoms with van der Waals surface area (Å²) in [5.74, 6) is -0.351. The molecule has 1 N–H and O–H groups in total. The summed E-state index contributed by atoms with van der Waals surface area (Å²) in [5, 5.41) is 8.45. The van der Waals surface area contributed by atoms with Gasteiger partial charge in [0, 0.05) is 6.20 Å². The van der Waals surface area contributed by atoms with Crippen LogP contribution in [0.1, 0.15) is 13.3 Å². The lowest BCUT2D eigenvalue weighted by atomic mass is 10.4. The molecule has 0 amide bonds. The van der Waals surface area contributed by atoms with Crippen LogP contribution >= 0.6 is 0 Å². The van der Waals surface area contributed by atoms with Crippen LogP contribution in [-0.2, 0) is 4.79 Å². The molecular weight excluding hydrogens is 198 g/mol. The van der Waals surface area contributed by atoms with Gasteiger partial charge >= 0.3 is 5.97 Å². The van der Waals surface area contributed by atoms with Crippen LogP contribution in [0, 0.1) is 0 Å². The summed E-state index contributed by atoms with van der Waals surface area (Å²) in [7, 11) is 0. The minimum atomic E-state index is -1.04. The van der Waals surface area contributed by atoms with E-state index in [0.29, 0.717) is 12.4 Å². The monoisotopic (exact) mass is 211 g/mol. The Morgan fingerprint density at radius 2 is 2.33 bits per heavy atom. The van der Waals surface area contributed by atoms with Gasteiger partial charge in [0.2, 0.25) is 0 Å². The van der Waals surface area contributed by atoms with Crippen molar-refractivity contribution >= 4 is 5.97 Å². The van der Waals surface area contributed by atoms with E-state index < -0.39 is 12.6 Å². The lowest BCUT2D eigenvalue weighted by molar-refractivity contribution is -0.139. The van der Waals surface area contributed by atoms with Crippen molar-refractivity contribution in [3.63, 3.8) is 0 Å². The Kier molecular flexibility index (Phi) is 4.40. The third-order valence-electron chi connectivity index (χ3n) is 1.53. The summed E-state index contributed by atoms with van der Waals surface area (Å²) in [5.41, 5.74) is 0. The Balaban J connectivity index is 2.63. The first-order chi connectivity index (χ1) is 7.24. The van der Waals surface area contributed by atoms with Crippen molar-refractivity contribution in [3.05, 3.63) is 18.3 Å². The Morgan fingerprint density at radius 3 is 3.00 bits per heavy atom. The molecule has 0 aliphatic heterocycles. The quantitative estimate of drug-likeness (QED) is 0.768. The molecular formula is C10H13NO4. The van der Waals surface area contributed by atoms with Crippen molar-refractivity contribution in [1.29, 1.82) is 0 Å². The maximum absolute atomic E-state index is 10.3. The van der Waals surface area contributed by atoms with E-state index in [-0.39, 0.29) is 5.88 Å². The van der Waals surface area contributed by atoms with Crippen molar-refractivity contribution < 1.29 is 19.4 Å². The number of pyridine rings is 1. The zero-order valence-corrected chi connectivity index (χ0v) is 8.47. The number of carboxylic acids is 1. The fraction of sp³-hybridized carbons (Fsp3) is 0.400. The smallest absolute Gasteiger partial charge is 0.341 e. The average molecular weight is 211 g/mol. The summed E-state index contributed by atoms with van der Waals surface area (Å²) >= 11 is 0. The zero-order chi connectivity index (χ0) is 11.1. The van der Waals surface area contributed by atoms with Crippen LogP contribution in [0.15, 0.2) is 18.3 Å². The number of carboxylic acid groups (broad SMARTS) is 1. The van der Waals surface area contributed by atoms with Gasteiger partial charge in [-0.05, 0) is 18.6 Å². The molecule has 0 atom stereocenters. The summed E-state index contributed by atoms with van der Waals surface area (Å²) < 4.78 is 10.3. The zero-order valence-electron chi connectivity index (χ0n) is 8.47. The molecule has 0 aromatic carbocycles. The number of rotatable bonds is 6. The molecule has 0 fully saturated rings. The highest BCUT2D eigenvalue weighted by atomic mass is 16.5. The Labute approximate surface area is 87.7 Å². The van der Waals surface area contributed by atoms with Gasteiger partial charge in [-0.3, -0.25) is 0 Å². The molecule has 0 aliphatic rings. The second-order valence-electron chi connectivity index (χ2n) is 2.84. The highest BCUT2D eigenvalue weighted by Gasteiger charge is 2.07. The number of hydrogen-bond donors (Lipinski definition) is 1. The first kappa shape index (κ1) is 11.3. The van der Waals surface area contributed by atoms with Crippen LogP contribution in [0.4, 0.5) is 0 Å². The minimum absolute atomic E-state index is 0.216. The third-order valence-corrected chi connectivity index (χ3v) is 1.53. The predicted molar refractivity (Wildman–Crippen MR) is 53.2 cm³/mol. The second-order valence-corrected chi connectivity index (χ2v) is 2.84. The molecule has 15 heavy (non-hydrogen) atoms. The maximum atomic E-state index is 10.3. The Hall–Kier alpha value is -1.78. The summed E-state index contributed by atoms with van der Waals surface area (Å²) in [6.45, 7) is 2.11. The molecule has 1 aromatic rings. The molecule has 1 rings (SSSR count). The van der Waals surface area contributed by atoms with Crippen molar-refractivity contribution in [1.82, 2.24) is 4.98 Å². The summed E-state index contributed by atoms with van der Waals surface area (Å²) in [6, 6.07) is 3.40. The van der Waals surface area contributed by atoms with Gasteiger partial charge in [0.15, 0.2) is 12.4 Å². The molecule has 0 aliphatic carbocycles. The van der Waals surface area contributed by atoms with E-state index in [2.05, 4.69) is 4.98 Å². The average Bonchev–Trinajstić information content (AvgIpc) is 2.24. The molecule has 0 saturated heterocycles. The molecule has 0 saturated carbocycles. The van der Waals surface area contributed by atoms with Gasteiger partial charge in [0.25, 0.3) is 5.88 Å². The van der Waals surface area contributed by atoms with Crippen LogP contribution in [0.25, 0.3) is 0 Å². The first-order valence-corrected chi connectivity index (χ1v) is 4.66. The van der Waals surface area contributed by atoms with Crippen LogP contribution < -0.4 is 9.47 Å². The maximum Gasteiger partial charge on any atom is 0.341 e. The van der Waals surface area contributed by atoms with E-state index in [0.717, 1.165) is 6.42 Å². The summed E-state index contributed by atoms with van der Waals surface area (Å²) in [6.07, 6.45) is 2.39. The van der Waals surface area contributed by atoms with E-state index >= 15 is 0 Å². The van der Waals surface area contributed by atoms with Crippen LogP contribution in [-0.4, -0.2) is 29.3 Å². The number of hydrogen-bond acceptors (Lipinski definition) is 4. The van der Waals surface area contributed by atoms with Crippen LogP contribution in [0.5, 0.6) is 11.6 Å². The molecule has 1 aromatic heterocycles. The van der Waals surface area contributed by atoms with E-state index in [1.54, 1.807) is 12.1 Å². The Morgan fingerprint density at radius 1 is 1.53 bits per heavy atom. The number of aromatic nitrogens is 1. The molecule has 5 nitrogen and oxygen atoms in total. The lowest BCUT2D eigenvalue weighted by Crippen LogP contribution is -2.11. The van der Waals surface area contributed by atoms with Gasteiger partial charge in [-0.15, -0.1) is 0 Å². The Bertz CT molecular complexity index is 327. The fourth-order valence-electron chi connectivity index (χ4n) is 0.936. The lowest BCUT2D eigenvalue weighted by Gasteiger charge is -2.09. The molecule has 5 heteroatoms. The van der Waals surface area contributed by atoms with Gasteiger partial charge in [-0.25, -0.2) is 9.78 Å². The van der Waals surface area contributed by atoms with Crippen molar-refractivity contribution in [2.75, 3.05) is 13.2 Å². The van der Waals surface area contributed by atoms with Gasteiger partial charge in [-0.2, -0.15) is 0 Å². The van der Waals surface area contributed by atoms with Crippen LogP contribution in [0.3, 0.4) is 0 Å². The van der Waals surface area contributed by atoms with E-state index in [4.69, 9.17) is 14.6 Å². The molecule has 1 heterocycles. The van der Waals surface area contributed by atoms with E-state index in [1.165, 1.54) is 6.20 Å². The predicted octanol–water partition coefficient (Wildman–Crippen LogP) is 1.33. The molecule has 0 spiro atoms. The number of aliphatic carboxylic acids is 1. The number of ether oxygens (including phenoxy) is 2. The molecule has 0 radical (unpaired) electrons. The highest BCUT2D eigenvalue weighted by Crippen LogP contribution is 2.23. The normalized spacial score (nSPS) is 9.67. The third kappa shape index (κ3) is 3.84. The standard InChI is InChI=1S/C10H13NO4/c1-2-6-14-8-4-3-5-11-10(8)15-7-9(12)13/h3-5H,2,6-7H2,1H3,(H,12,13). The van der Waals surface area contributed by atoms with Crippen molar-refractivity contribution in [2.45, 2.75) is 13.3 Å². The topological polar surface area (TPSA) is 68.7 Å². The molecule has 82 valence electrons. The number of nitrogens with zero attached hydrogens (tertiary/aromatic N) is 1. The van der Waals surface area contributed by atoms with Crippen LogP contribution in [0.2, 0.25) is 0 Å². The van der Waals surface area contributed by atoms with Gasteiger partial charge in [0.05, 0.1) is 6.61 Å². The summed E-state index contributed by atoms with van der Waals surface area (Å²) in [4.78, 5) is 14.2. The second kappa shape index (κ2) is 5.85. The van der Waals surface area contributed by atoms with Crippen molar-refractivity contribution in [3.8, 4) is 11.6 Å². The van der Waals surface area contributed by atoms with E-state index in [1.807, 2.05) is 6.92 Å². The largest absolute Gasteiger partial charge is 0.488 e. The number of carbonyl (C=O) groups is 1. The fourth-order valence-corrected chi connectivity index (χ4v) is 0.936. The van der Waals surface area contributed by atoms with Gasteiger partial charge in [0.1, 0.15) is 0 Å².